The quantitative estimate of drug-likeness (QED) is 0.787. The molecule has 5 heteroatoms. The van der Waals surface area contributed by atoms with Gasteiger partial charge in [-0.05, 0) is 44.9 Å². The zero-order valence-corrected chi connectivity index (χ0v) is 12.0. The summed E-state index contributed by atoms with van der Waals surface area (Å²) in [7, 11) is 3.75. The molecule has 0 bridgehead atoms. The highest BCUT2D eigenvalue weighted by Gasteiger charge is 2.26. The Hall–Kier alpha value is -1.75. The molecule has 0 heterocycles. The summed E-state index contributed by atoms with van der Waals surface area (Å²) in [5.41, 5.74) is 0.320. The highest BCUT2D eigenvalue weighted by atomic mass is 16.3. The number of hydrogen-bond donors (Lipinski definition) is 3. The second-order valence-electron chi connectivity index (χ2n) is 5.45. The van der Waals surface area contributed by atoms with E-state index in [4.69, 9.17) is 0 Å². The number of amides is 1. The van der Waals surface area contributed by atoms with E-state index in [1.165, 1.54) is 18.2 Å². The molecule has 3 N–H and O–H groups in total. The van der Waals surface area contributed by atoms with Gasteiger partial charge in [0, 0.05) is 30.8 Å². The molecule has 1 aliphatic rings. The molecule has 5 nitrogen and oxygen atoms in total. The van der Waals surface area contributed by atoms with Gasteiger partial charge in [0.05, 0.1) is 0 Å². The Morgan fingerprint density at radius 2 is 1.70 bits per heavy atom. The van der Waals surface area contributed by atoms with Crippen LogP contribution in [0.1, 0.15) is 36.0 Å². The molecule has 20 heavy (non-hydrogen) atoms. The van der Waals surface area contributed by atoms with Crippen LogP contribution in [0.2, 0.25) is 0 Å². The number of benzene rings is 1. The summed E-state index contributed by atoms with van der Waals surface area (Å²) in [6.07, 6.45) is 4.06. The lowest BCUT2D eigenvalue weighted by Gasteiger charge is -2.34. The minimum absolute atomic E-state index is 0.0966. The van der Waals surface area contributed by atoms with Gasteiger partial charge in [-0.15, -0.1) is 0 Å². The SMILES string of the molecule is CNC1CCC(N(C)C(=O)c2cc(O)cc(O)c2)CC1. The summed E-state index contributed by atoms with van der Waals surface area (Å²) in [4.78, 5) is 14.1. The Kier molecular flexibility index (Phi) is 4.49. The van der Waals surface area contributed by atoms with Crippen molar-refractivity contribution >= 4 is 5.91 Å². The van der Waals surface area contributed by atoms with E-state index in [-0.39, 0.29) is 23.4 Å². The Morgan fingerprint density at radius 3 is 2.20 bits per heavy atom. The number of nitrogens with zero attached hydrogens (tertiary/aromatic N) is 1. The van der Waals surface area contributed by atoms with Crippen LogP contribution < -0.4 is 5.32 Å². The molecule has 1 aromatic rings. The number of nitrogens with one attached hydrogen (secondary N) is 1. The second-order valence-corrected chi connectivity index (χ2v) is 5.45. The second kappa shape index (κ2) is 6.13. The molecule has 0 atom stereocenters. The minimum Gasteiger partial charge on any atom is -0.508 e. The Morgan fingerprint density at radius 1 is 1.15 bits per heavy atom. The number of aromatic hydroxyl groups is 2. The zero-order valence-electron chi connectivity index (χ0n) is 12.0. The Bertz CT molecular complexity index is 462. The van der Waals surface area contributed by atoms with Crippen molar-refractivity contribution in [3.63, 3.8) is 0 Å². The van der Waals surface area contributed by atoms with E-state index in [1.54, 1.807) is 11.9 Å². The van der Waals surface area contributed by atoms with E-state index in [9.17, 15) is 15.0 Å². The van der Waals surface area contributed by atoms with Gasteiger partial charge in [-0.1, -0.05) is 0 Å². The molecule has 2 rings (SSSR count). The molecule has 1 amide bonds. The zero-order chi connectivity index (χ0) is 14.7. The van der Waals surface area contributed by atoms with Gasteiger partial charge in [0.15, 0.2) is 0 Å². The number of carbonyl (C=O) groups excluding carboxylic acids is 1. The van der Waals surface area contributed by atoms with E-state index >= 15 is 0 Å². The lowest BCUT2D eigenvalue weighted by Crippen LogP contribution is -2.42. The summed E-state index contributed by atoms with van der Waals surface area (Å²) < 4.78 is 0. The molecular formula is C15H22N2O3. The summed E-state index contributed by atoms with van der Waals surface area (Å²) in [5, 5.41) is 22.2. The third-order valence-corrected chi connectivity index (χ3v) is 4.12. The average Bonchev–Trinajstić information content (AvgIpc) is 2.45. The predicted molar refractivity (Wildman–Crippen MR) is 77.0 cm³/mol. The number of hydrogen-bond acceptors (Lipinski definition) is 4. The van der Waals surface area contributed by atoms with Crippen LogP contribution in [0.5, 0.6) is 11.5 Å². The first-order valence-electron chi connectivity index (χ1n) is 6.98. The molecular weight excluding hydrogens is 256 g/mol. The summed E-state index contributed by atoms with van der Waals surface area (Å²) in [5.74, 6) is -0.356. The molecule has 1 fully saturated rings. The highest BCUT2D eigenvalue weighted by molar-refractivity contribution is 5.95. The van der Waals surface area contributed by atoms with Crippen LogP contribution in [0.15, 0.2) is 18.2 Å². The number of phenols is 2. The van der Waals surface area contributed by atoms with Crippen molar-refractivity contribution in [3.8, 4) is 11.5 Å². The lowest BCUT2D eigenvalue weighted by atomic mass is 9.90. The fourth-order valence-corrected chi connectivity index (χ4v) is 2.84. The molecule has 0 aliphatic heterocycles. The fourth-order valence-electron chi connectivity index (χ4n) is 2.84. The van der Waals surface area contributed by atoms with Crippen molar-refractivity contribution < 1.29 is 15.0 Å². The van der Waals surface area contributed by atoms with E-state index < -0.39 is 0 Å². The maximum atomic E-state index is 12.4. The van der Waals surface area contributed by atoms with Gasteiger partial charge in [0.25, 0.3) is 5.91 Å². The number of carbonyl (C=O) groups is 1. The van der Waals surface area contributed by atoms with E-state index in [0.717, 1.165) is 25.7 Å². The topological polar surface area (TPSA) is 72.8 Å². The van der Waals surface area contributed by atoms with Crippen molar-refractivity contribution in [2.75, 3.05) is 14.1 Å². The van der Waals surface area contributed by atoms with Crippen LogP contribution in [-0.2, 0) is 0 Å². The van der Waals surface area contributed by atoms with Crippen LogP contribution in [0, 0.1) is 0 Å². The first-order valence-corrected chi connectivity index (χ1v) is 6.98. The third-order valence-electron chi connectivity index (χ3n) is 4.12. The molecule has 1 saturated carbocycles. The first kappa shape index (κ1) is 14.7. The molecule has 1 aliphatic carbocycles. The predicted octanol–water partition coefficient (Wildman–Crippen LogP) is 1.70. The smallest absolute Gasteiger partial charge is 0.254 e. The van der Waals surface area contributed by atoms with Crippen LogP contribution in [0.3, 0.4) is 0 Å². The Labute approximate surface area is 119 Å². The van der Waals surface area contributed by atoms with Crippen LogP contribution >= 0.6 is 0 Å². The Balaban J connectivity index is 2.05. The fraction of sp³-hybridized carbons (Fsp3) is 0.533. The van der Waals surface area contributed by atoms with Crippen molar-refractivity contribution in [2.24, 2.45) is 0 Å². The van der Waals surface area contributed by atoms with Gasteiger partial charge in [0.2, 0.25) is 0 Å². The van der Waals surface area contributed by atoms with Crippen LogP contribution in [0.25, 0.3) is 0 Å². The molecule has 0 radical (unpaired) electrons. The van der Waals surface area contributed by atoms with Crippen LogP contribution in [0.4, 0.5) is 0 Å². The van der Waals surface area contributed by atoms with Crippen molar-refractivity contribution in [1.29, 1.82) is 0 Å². The molecule has 0 spiro atoms. The standard InChI is InChI=1S/C15H22N2O3/c1-16-11-3-5-12(6-4-11)17(2)15(20)10-7-13(18)9-14(19)8-10/h7-9,11-12,16,18-19H,3-6H2,1-2H3. The molecule has 0 aromatic heterocycles. The van der Waals surface area contributed by atoms with Gasteiger partial charge < -0.3 is 20.4 Å². The summed E-state index contributed by atoms with van der Waals surface area (Å²) in [6, 6.07) is 4.75. The van der Waals surface area contributed by atoms with Crippen molar-refractivity contribution in [2.45, 2.75) is 37.8 Å². The van der Waals surface area contributed by atoms with Gasteiger partial charge >= 0.3 is 0 Å². The monoisotopic (exact) mass is 278 g/mol. The van der Waals surface area contributed by atoms with Gasteiger partial charge in [-0.2, -0.15) is 0 Å². The first-order chi connectivity index (χ1) is 9.51. The summed E-state index contributed by atoms with van der Waals surface area (Å²) in [6.45, 7) is 0. The average molecular weight is 278 g/mol. The maximum Gasteiger partial charge on any atom is 0.254 e. The van der Waals surface area contributed by atoms with Gasteiger partial charge in [0.1, 0.15) is 11.5 Å². The summed E-state index contributed by atoms with van der Waals surface area (Å²) >= 11 is 0. The maximum absolute atomic E-state index is 12.4. The highest BCUT2D eigenvalue weighted by Crippen LogP contribution is 2.26. The molecule has 1 aromatic carbocycles. The number of rotatable bonds is 3. The molecule has 0 saturated heterocycles. The van der Waals surface area contributed by atoms with Crippen molar-refractivity contribution in [3.05, 3.63) is 23.8 Å². The molecule has 110 valence electrons. The van der Waals surface area contributed by atoms with E-state index in [0.29, 0.717) is 11.6 Å². The largest absolute Gasteiger partial charge is 0.508 e. The van der Waals surface area contributed by atoms with Crippen LogP contribution in [-0.4, -0.2) is 47.2 Å². The van der Waals surface area contributed by atoms with Gasteiger partial charge in [-0.3, -0.25) is 4.79 Å². The lowest BCUT2D eigenvalue weighted by molar-refractivity contribution is 0.0685. The van der Waals surface area contributed by atoms with Gasteiger partial charge in [-0.25, -0.2) is 0 Å². The van der Waals surface area contributed by atoms with E-state index in [1.807, 2.05) is 7.05 Å². The van der Waals surface area contributed by atoms with E-state index in [2.05, 4.69) is 5.32 Å². The molecule has 0 unspecified atom stereocenters. The van der Waals surface area contributed by atoms with Crippen molar-refractivity contribution in [1.82, 2.24) is 10.2 Å². The normalized spacial score (nSPS) is 22.5. The minimum atomic E-state index is -0.163. The number of phenolic OH excluding ortho intramolecular Hbond substituents is 2. The third kappa shape index (κ3) is 3.22.